The number of rotatable bonds is 5. The van der Waals surface area contributed by atoms with Gasteiger partial charge in [-0.2, -0.15) is 0 Å². The molecule has 0 unspecified atom stereocenters. The van der Waals surface area contributed by atoms with Crippen LogP contribution in [0, 0.1) is 0 Å². The zero-order valence-electron chi connectivity index (χ0n) is 8.77. The molecule has 1 heterocycles. The van der Waals surface area contributed by atoms with Gasteiger partial charge in [0.25, 0.3) is 0 Å². The molecule has 1 rings (SSSR count). The molecule has 0 aliphatic carbocycles. The van der Waals surface area contributed by atoms with Crippen LogP contribution in [0.1, 0.15) is 12.8 Å². The van der Waals surface area contributed by atoms with Crippen LogP contribution in [0.5, 0.6) is 0 Å². The van der Waals surface area contributed by atoms with Gasteiger partial charge in [0.05, 0.1) is 0 Å². The molecular weight excluding hydrogens is 162 g/mol. The van der Waals surface area contributed by atoms with E-state index < -0.39 is 0 Å². The monoisotopic (exact) mass is 183 g/mol. The minimum Gasteiger partial charge on any atom is -0.388 e. The highest BCUT2D eigenvalue weighted by Gasteiger charge is 2.00. The first-order chi connectivity index (χ1) is 6.29. The third-order valence-corrected chi connectivity index (χ3v) is 2.20. The van der Waals surface area contributed by atoms with E-state index in [-0.39, 0.29) is 0 Å². The van der Waals surface area contributed by atoms with Gasteiger partial charge in [-0.1, -0.05) is 6.08 Å². The largest absolute Gasteiger partial charge is 0.388 e. The fourth-order valence-corrected chi connectivity index (χ4v) is 1.43. The van der Waals surface area contributed by atoms with Crippen molar-refractivity contribution in [2.24, 2.45) is 0 Å². The van der Waals surface area contributed by atoms with Gasteiger partial charge in [0.15, 0.2) is 0 Å². The molecule has 2 N–H and O–H groups in total. The van der Waals surface area contributed by atoms with Gasteiger partial charge in [0.2, 0.25) is 0 Å². The summed E-state index contributed by atoms with van der Waals surface area (Å²) in [4.78, 5) is 2.22. The van der Waals surface area contributed by atoms with Crippen molar-refractivity contribution in [3.8, 4) is 0 Å². The second kappa shape index (κ2) is 6.00. The van der Waals surface area contributed by atoms with Crippen molar-refractivity contribution in [1.82, 2.24) is 15.5 Å². The third-order valence-electron chi connectivity index (χ3n) is 2.20. The molecule has 0 saturated heterocycles. The molecule has 0 aromatic rings. The second-order valence-electron chi connectivity index (χ2n) is 3.77. The summed E-state index contributed by atoms with van der Waals surface area (Å²) in [6, 6.07) is 0. The Balaban J connectivity index is 2.01. The molecule has 0 aromatic carbocycles. The fraction of sp³-hybridized carbons (Fsp3) is 0.800. The highest BCUT2D eigenvalue weighted by atomic mass is 15.1. The molecule has 1 aliphatic rings. The molecule has 0 spiro atoms. The second-order valence-corrected chi connectivity index (χ2v) is 3.77. The normalized spacial score (nSPS) is 17.3. The zero-order chi connectivity index (χ0) is 9.52. The lowest BCUT2D eigenvalue weighted by molar-refractivity contribution is 0.397. The standard InChI is InChI=1S/C10H21N3/c1-13(2)9-3-6-12-10-4-7-11-8-5-10/h4,11-12H,3,5-9H2,1-2H3. The molecule has 0 amide bonds. The Morgan fingerprint density at radius 3 is 3.00 bits per heavy atom. The van der Waals surface area contributed by atoms with Crippen LogP contribution in [0.4, 0.5) is 0 Å². The van der Waals surface area contributed by atoms with E-state index in [1.807, 2.05) is 0 Å². The first-order valence-corrected chi connectivity index (χ1v) is 5.07. The lowest BCUT2D eigenvalue weighted by atomic mass is 10.2. The van der Waals surface area contributed by atoms with E-state index in [9.17, 15) is 0 Å². The summed E-state index contributed by atoms with van der Waals surface area (Å²) < 4.78 is 0. The van der Waals surface area contributed by atoms with Crippen LogP contribution < -0.4 is 10.6 Å². The molecule has 0 saturated carbocycles. The first kappa shape index (κ1) is 10.5. The predicted octanol–water partition coefficient (Wildman–Crippen LogP) is 0.405. The third kappa shape index (κ3) is 4.90. The van der Waals surface area contributed by atoms with E-state index >= 15 is 0 Å². The summed E-state index contributed by atoms with van der Waals surface area (Å²) in [6.07, 6.45) is 4.62. The Morgan fingerprint density at radius 1 is 1.54 bits per heavy atom. The van der Waals surface area contributed by atoms with Crippen molar-refractivity contribution < 1.29 is 0 Å². The van der Waals surface area contributed by atoms with E-state index in [0.29, 0.717) is 0 Å². The highest BCUT2D eigenvalue weighted by molar-refractivity contribution is 5.04. The van der Waals surface area contributed by atoms with Crippen molar-refractivity contribution in [3.63, 3.8) is 0 Å². The minimum atomic E-state index is 1.02. The van der Waals surface area contributed by atoms with Gasteiger partial charge in [0.1, 0.15) is 0 Å². The lowest BCUT2D eigenvalue weighted by Gasteiger charge is -2.16. The maximum Gasteiger partial charge on any atom is 0.0156 e. The van der Waals surface area contributed by atoms with Gasteiger partial charge in [-0.05, 0) is 33.5 Å². The predicted molar refractivity (Wildman–Crippen MR) is 56.7 cm³/mol. The van der Waals surface area contributed by atoms with E-state index in [4.69, 9.17) is 0 Å². The summed E-state index contributed by atoms with van der Waals surface area (Å²) in [5, 5.41) is 6.77. The molecule has 0 atom stereocenters. The molecule has 0 aromatic heterocycles. The molecule has 0 bridgehead atoms. The van der Waals surface area contributed by atoms with Crippen molar-refractivity contribution in [2.75, 3.05) is 40.3 Å². The quantitative estimate of drug-likeness (QED) is 0.604. The van der Waals surface area contributed by atoms with E-state index in [1.54, 1.807) is 0 Å². The Bertz CT molecular complexity index is 164. The summed E-state index contributed by atoms with van der Waals surface area (Å²) in [5.41, 5.74) is 1.41. The van der Waals surface area contributed by atoms with Gasteiger partial charge in [0, 0.05) is 25.3 Å². The Hall–Kier alpha value is -0.540. The van der Waals surface area contributed by atoms with Crippen LogP contribution in [0.2, 0.25) is 0 Å². The molecular formula is C10H21N3. The molecule has 76 valence electrons. The summed E-state index contributed by atoms with van der Waals surface area (Å²) >= 11 is 0. The fourth-order valence-electron chi connectivity index (χ4n) is 1.43. The molecule has 13 heavy (non-hydrogen) atoms. The SMILES string of the molecule is CN(C)CCCNC1=CCNCC1. The van der Waals surface area contributed by atoms with Crippen LogP contribution in [-0.4, -0.2) is 45.2 Å². The molecule has 3 heteroatoms. The van der Waals surface area contributed by atoms with E-state index in [0.717, 1.165) is 26.1 Å². The number of nitrogens with zero attached hydrogens (tertiary/aromatic N) is 1. The topological polar surface area (TPSA) is 27.3 Å². The average Bonchev–Trinajstić information content (AvgIpc) is 2.14. The zero-order valence-corrected chi connectivity index (χ0v) is 8.77. The smallest absolute Gasteiger partial charge is 0.0156 e. The average molecular weight is 183 g/mol. The molecule has 0 fully saturated rings. The minimum absolute atomic E-state index is 1.02. The first-order valence-electron chi connectivity index (χ1n) is 5.07. The van der Waals surface area contributed by atoms with Crippen LogP contribution in [0.3, 0.4) is 0 Å². The van der Waals surface area contributed by atoms with Gasteiger partial charge in [-0.15, -0.1) is 0 Å². The van der Waals surface area contributed by atoms with E-state index in [1.165, 1.54) is 18.7 Å². The van der Waals surface area contributed by atoms with Crippen LogP contribution in [-0.2, 0) is 0 Å². The van der Waals surface area contributed by atoms with Crippen LogP contribution >= 0.6 is 0 Å². The summed E-state index contributed by atoms with van der Waals surface area (Å²) in [7, 11) is 4.23. The van der Waals surface area contributed by atoms with Crippen molar-refractivity contribution in [3.05, 3.63) is 11.8 Å². The molecule has 0 radical (unpaired) electrons. The maximum atomic E-state index is 3.47. The van der Waals surface area contributed by atoms with Crippen LogP contribution in [0.15, 0.2) is 11.8 Å². The molecule has 1 aliphatic heterocycles. The lowest BCUT2D eigenvalue weighted by Crippen LogP contribution is -2.28. The number of hydrogen-bond acceptors (Lipinski definition) is 3. The summed E-state index contributed by atoms with van der Waals surface area (Å²) in [6.45, 7) is 4.41. The molecule has 3 nitrogen and oxygen atoms in total. The van der Waals surface area contributed by atoms with Crippen molar-refractivity contribution >= 4 is 0 Å². The van der Waals surface area contributed by atoms with E-state index in [2.05, 4.69) is 35.7 Å². The Kier molecular flexibility index (Phi) is 4.86. The van der Waals surface area contributed by atoms with Crippen molar-refractivity contribution in [1.29, 1.82) is 0 Å². The van der Waals surface area contributed by atoms with Crippen LogP contribution in [0.25, 0.3) is 0 Å². The van der Waals surface area contributed by atoms with Gasteiger partial charge in [-0.3, -0.25) is 0 Å². The number of nitrogens with one attached hydrogen (secondary N) is 2. The maximum absolute atomic E-state index is 3.47. The summed E-state index contributed by atoms with van der Waals surface area (Å²) in [5.74, 6) is 0. The van der Waals surface area contributed by atoms with Crippen molar-refractivity contribution in [2.45, 2.75) is 12.8 Å². The highest BCUT2D eigenvalue weighted by Crippen LogP contribution is 1.99. The Morgan fingerprint density at radius 2 is 2.38 bits per heavy atom. The van der Waals surface area contributed by atoms with Gasteiger partial charge < -0.3 is 15.5 Å². The van der Waals surface area contributed by atoms with Gasteiger partial charge >= 0.3 is 0 Å². The Labute approximate surface area is 81.2 Å². The van der Waals surface area contributed by atoms with Gasteiger partial charge in [-0.25, -0.2) is 0 Å². The number of hydrogen-bond donors (Lipinski definition) is 2.